The number of hydrogen-bond donors (Lipinski definition) is 0. The molecule has 4 nitrogen and oxygen atoms in total. The number of fused-ring (bicyclic) bond motifs is 3. The smallest absolute Gasteiger partial charge is 0.227 e. The molecule has 0 N–H and O–H groups in total. The van der Waals surface area contributed by atoms with E-state index in [1.54, 1.807) is 6.07 Å². The molecule has 0 bridgehead atoms. The maximum Gasteiger partial charge on any atom is 0.227 e. The summed E-state index contributed by atoms with van der Waals surface area (Å²) in [6, 6.07) is 7.28. The molecule has 0 aliphatic heterocycles. The number of hydrogen-bond acceptors (Lipinski definition) is 3. The molecule has 14 heavy (non-hydrogen) atoms. The molecule has 0 amide bonds. The third-order valence-corrected chi connectivity index (χ3v) is 2.22. The van der Waals surface area contributed by atoms with Crippen molar-refractivity contribution in [1.82, 2.24) is 4.98 Å². The number of benzene rings is 1. The Morgan fingerprint density at radius 1 is 1.29 bits per heavy atom. The molecule has 0 radical (unpaired) electrons. The summed E-state index contributed by atoms with van der Waals surface area (Å²) >= 11 is 0. The van der Waals surface area contributed by atoms with Crippen LogP contribution in [0.4, 0.5) is 0 Å². The minimum atomic E-state index is 0.582. The zero-order valence-electron chi connectivity index (χ0n) is 7.18. The first-order valence-corrected chi connectivity index (χ1v) is 4.20. The molecule has 2 aromatic heterocycles. The van der Waals surface area contributed by atoms with E-state index in [-0.39, 0.29) is 0 Å². The van der Waals surface area contributed by atoms with Gasteiger partial charge in [-0.05, 0) is 6.07 Å². The molecule has 0 aliphatic rings. The van der Waals surface area contributed by atoms with Gasteiger partial charge < -0.3 is 9.62 Å². The van der Waals surface area contributed by atoms with E-state index < -0.39 is 0 Å². The first-order valence-electron chi connectivity index (χ1n) is 4.20. The molecule has 2 heterocycles. The molecular weight excluding hydrogens is 180 g/mol. The number of nitrogens with zero attached hydrogens (tertiary/aromatic N) is 2. The van der Waals surface area contributed by atoms with Gasteiger partial charge in [-0.25, -0.2) is 4.98 Å². The molecule has 0 atom stereocenters. The Morgan fingerprint density at radius 3 is 3.07 bits per heavy atom. The van der Waals surface area contributed by atoms with Crippen molar-refractivity contribution in [3.8, 4) is 0 Å². The number of aromatic nitrogens is 2. The summed E-state index contributed by atoms with van der Waals surface area (Å²) < 4.78 is 6.03. The Kier molecular flexibility index (Phi) is 1.28. The Hall–Kier alpha value is -2.10. The van der Waals surface area contributed by atoms with Crippen LogP contribution >= 0.6 is 0 Å². The van der Waals surface area contributed by atoms with E-state index in [9.17, 15) is 5.21 Å². The minimum Gasteiger partial charge on any atom is -0.618 e. The third-order valence-electron chi connectivity index (χ3n) is 2.22. The standard InChI is InChI=1S/C10H6N2O2/c13-12-5-8-10(14-6-11-8)7-3-1-2-4-9(7)12/h1-6H. The summed E-state index contributed by atoms with van der Waals surface area (Å²) in [5.74, 6) is 0. The van der Waals surface area contributed by atoms with Gasteiger partial charge in [-0.2, -0.15) is 4.73 Å². The van der Waals surface area contributed by atoms with Crippen molar-refractivity contribution in [1.29, 1.82) is 0 Å². The second-order valence-corrected chi connectivity index (χ2v) is 3.04. The van der Waals surface area contributed by atoms with Gasteiger partial charge in [0, 0.05) is 6.07 Å². The zero-order chi connectivity index (χ0) is 9.54. The van der Waals surface area contributed by atoms with Crippen molar-refractivity contribution in [2.75, 3.05) is 0 Å². The lowest BCUT2D eigenvalue weighted by atomic mass is 10.2. The van der Waals surface area contributed by atoms with Crippen LogP contribution in [0, 0.1) is 5.21 Å². The van der Waals surface area contributed by atoms with Gasteiger partial charge in [0.1, 0.15) is 0 Å². The van der Waals surface area contributed by atoms with Gasteiger partial charge in [0.15, 0.2) is 17.5 Å². The Balaban J connectivity index is 2.67. The van der Waals surface area contributed by atoms with Crippen LogP contribution in [-0.4, -0.2) is 4.98 Å². The van der Waals surface area contributed by atoms with Crippen molar-refractivity contribution < 1.29 is 9.15 Å². The van der Waals surface area contributed by atoms with Crippen LogP contribution in [0.1, 0.15) is 0 Å². The van der Waals surface area contributed by atoms with E-state index in [1.165, 1.54) is 12.6 Å². The first kappa shape index (κ1) is 7.32. The van der Waals surface area contributed by atoms with Crippen LogP contribution in [-0.2, 0) is 0 Å². The Bertz CT molecular complexity index is 616. The minimum absolute atomic E-state index is 0.582. The molecular formula is C10H6N2O2. The summed E-state index contributed by atoms with van der Waals surface area (Å²) in [5.41, 5.74) is 1.84. The Labute approximate surface area is 79.0 Å². The predicted octanol–water partition coefficient (Wildman–Crippen LogP) is 1.61. The van der Waals surface area contributed by atoms with E-state index in [1.807, 2.05) is 18.2 Å². The molecule has 4 heteroatoms. The highest BCUT2D eigenvalue weighted by Gasteiger charge is 2.11. The normalized spacial score (nSPS) is 11.1. The monoisotopic (exact) mass is 186 g/mol. The van der Waals surface area contributed by atoms with Crippen LogP contribution in [0.5, 0.6) is 0 Å². The molecule has 68 valence electrons. The van der Waals surface area contributed by atoms with Crippen molar-refractivity contribution in [3.05, 3.63) is 42.1 Å². The third kappa shape index (κ3) is 0.821. The van der Waals surface area contributed by atoms with E-state index >= 15 is 0 Å². The molecule has 3 rings (SSSR count). The van der Waals surface area contributed by atoms with Gasteiger partial charge in [-0.15, -0.1) is 0 Å². The van der Waals surface area contributed by atoms with E-state index in [4.69, 9.17) is 4.42 Å². The van der Waals surface area contributed by atoms with E-state index in [2.05, 4.69) is 4.98 Å². The maximum absolute atomic E-state index is 11.5. The maximum atomic E-state index is 11.5. The van der Waals surface area contributed by atoms with Crippen LogP contribution in [0.3, 0.4) is 0 Å². The number of pyridine rings is 1. The largest absolute Gasteiger partial charge is 0.618 e. The van der Waals surface area contributed by atoms with Gasteiger partial charge in [-0.1, -0.05) is 12.1 Å². The summed E-state index contributed by atoms with van der Waals surface area (Å²) in [6.07, 6.45) is 2.76. The molecule has 0 fully saturated rings. The highest BCUT2D eigenvalue weighted by Crippen LogP contribution is 2.20. The van der Waals surface area contributed by atoms with Gasteiger partial charge >= 0.3 is 0 Å². The lowest BCUT2D eigenvalue weighted by Crippen LogP contribution is -2.26. The van der Waals surface area contributed by atoms with Crippen LogP contribution in [0.25, 0.3) is 22.0 Å². The van der Waals surface area contributed by atoms with Crippen molar-refractivity contribution >= 4 is 22.0 Å². The number of oxazole rings is 1. The highest BCUT2D eigenvalue weighted by atomic mass is 16.5. The van der Waals surface area contributed by atoms with Gasteiger partial charge in [-0.3, -0.25) is 0 Å². The number of para-hydroxylation sites is 1. The fraction of sp³-hybridized carbons (Fsp3) is 0. The summed E-state index contributed by atoms with van der Waals surface area (Å²) in [4.78, 5) is 3.94. The second-order valence-electron chi connectivity index (χ2n) is 3.04. The van der Waals surface area contributed by atoms with E-state index in [0.717, 1.165) is 10.1 Å². The molecule has 0 unspecified atom stereocenters. The van der Waals surface area contributed by atoms with Gasteiger partial charge in [0.2, 0.25) is 11.7 Å². The summed E-state index contributed by atoms with van der Waals surface area (Å²) in [7, 11) is 0. The molecule has 0 saturated heterocycles. The fourth-order valence-electron chi connectivity index (χ4n) is 1.59. The van der Waals surface area contributed by atoms with Gasteiger partial charge in [0.05, 0.1) is 5.39 Å². The van der Waals surface area contributed by atoms with Crippen LogP contribution in [0.15, 0.2) is 41.3 Å². The molecule has 3 aromatic rings. The molecule has 1 aromatic carbocycles. The quantitative estimate of drug-likeness (QED) is 0.396. The van der Waals surface area contributed by atoms with E-state index in [0.29, 0.717) is 16.6 Å². The summed E-state index contributed by atoms with van der Waals surface area (Å²) in [5, 5.41) is 12.3. The number of rotatable bonds is 0. The Morgan fingerprint density at radius 2 is 2.14 bits per heavy atom. The second kappa shape index (κ2) is 2.45. The van der Waals surface area contributed by atoms with Crippen molar-refractivity contribution in [2.45, 2.75) is 0 Å². The lowest BCUT2D eigenvalue weighted by Gasteiger charge is -1.99. The molecule has 0 aliphatic carbocycles. The van der Waals surface area contributed by atoms with Gasteiger partial charge in [0.25, 0.3) is 0 Å². The summed E-state index contributed by atoms with van der Waals surface area (Å²) in [6.45, 7) is 0. The highest BCUT2D eigenvalue weighted by molar-refractivity contribution is 5.98. The SMILES string of the molecule is [O-][n+]1cc2ncoc2c2ccccc21. The molecule has 0 spiro atoms. The van der Waals surface area contributed by atoms with Crippen LogP contribution in [0.2, 0.25) is 0 Å². The van der Waals surface area contributed by atoms with Crippen molar-refractivity contribution in [3.63, 3.8) is 0 Å². The fourth-order valence-corrected chi connectivity index (χ4v) is 1.59. The average Bonchev–Trinajstić information content (AvgIpc) is 2.66. The average molecular weight is 186 g/mol. The lowest BCUT2D eigenvalue weighted by molar-refractivity contribution is -0.575. The van der Waals surface area contributed by atoms with Crippen LogP contribution < -0.4 is 4.73 Å². The first-order chi connectivity index (χ1) is 6.86. The predicted molar refractivity (Wildman–Crippen MR) is 50.5 cm³/mol. The zero-order valence-corrected chi connectivity index (χ0v) is 7.18. The molecule has 0 saturated carbocycles. The van der Waals surface area contributed by atoms with Crippen molar-refractivity contribution in [2.24, 2.45) is 0 Å². The topological polar surface area (TPSA) is 53.0 Å².